The molecule has 0 spiro atoms. The van der Waals surface area contributed by atoms with Crippen molar-refractivity contribution in [1.82, 2.24) is 9.55 Å². The fraction of sp³-hybridized carbons (Fsp3) is 0.615. The Morgan fingerprint density at radius 1 is 1.48 bits per heavy atom. The van der Waals surface area contributed by atoms with Gasteiger partial charge < -0.3 is 30.1 Å². The first-order valence-corrected chi connectivity index (χ1v) is 7.07. The summed E-state index contributed by atoms with van der Waals surface area (Å²) < 4.78 is 11.1. The first-order valence-electron chi connectivity index (χ1n) is 7.07. The lowest BCUT2D eigenvalue weighted by atomic mass is 10.1. The number of aliphatic hydroxyl groups excluding tert-OH is 3. The van der Waals surface area contributed by atoms with Gasteiger partial charge in [-0.15, -0.1) is 0 Å². The highest BCUT2D eigenvalue weighted by Gasteiger charge is 2.43. The standard InChI is InChI=1S/C13H19N3O7/c1-2-22-6-9(18)14-8-3-4-16(13(21)15-8)12-11(20)10(19)7(5-17)23-12/h3-4,7,10-12,17,19-20H,2,5-6H2,1H3,(H,14,15,18,21)/t7-,10-,11+,12-/m1/s1. The second kappa shape index (κ2) is 7.62. The molecule has 0 bridgehead atoms. The van der Waals surface area contributed by atoms with Gasteiger partial charge in [-0.25, -0.2) is 4.79 Å². The zero-order valence-electron chi connectivity index (χ0n) is 12.5. The number of aromatic nitrogens is 2. The summed E-state index contributed by atoms with van der Waals surface area (Å²) in [5.41, 5.74) is -0.783. The number of ether oxygens (including phenoxy) is 2. The van der Waals surface area contributed by atoms with E-state index in [-0.39, 0.29) is 12.4 Å². The topological polar surface area (TPSA) is 143 Å². The van der Waals surface area contributed by atoms with Crippen LogP contribution in [0.2, 0.25) is 0 Å². The summed E-state index contributed by atoms with van der Waals surface area (Å²) in [7, 11) is 0. The van der Waals surface area contributed by atoms with E-state index in [2.05, 4.69) is 10.3 Å². The lowest BCUT2D eigenvalue weighted by molar-refractivity contribution is -0.120. The summed E-state index contributed by atoms with van der Waals surface area (Å²) in [5.74, 6) is -0.424. The van der Waals surface area contributed by atoms with E-state index in [0.717, 1.165) is 4.57 Å². The molecule has 10 nitrogen and oxygen atoms in total. The van der Waals surface area contributed by atoms with E-state index in [1.54, 1.807) is 6.92 Å². The van der Waals surface area contributed by atoms with Crippen LogP contribution in [-0.2, 0) is 14.3 Å². The third kappa shape index (κ3) is 3.92. The Kier molecular flexibility index (Phi) is 5.80. The van der Waals surface area contributed by atoms with Crippen molar-refractivity contribution >= 4 is 11.7 Å². The average Bonchev–Trinajstić information content (AvgIpc) is 2.81. The molecule has 10 heteroatoms. The third-order valence-electron chi connectivity index (χ3n) is 3.33. The predicted octanol–water partition coefficient (Wildman–Crippen LogP) is -2.17. The highest BCUT2D eigenvalue weighted by Crippen LogP contribution is 2.28. The zero-order valence-corrected chi connectivity index (χ0v) is 12.5. The molecule has 0 unspecified atom stereocenters. The van der Waals surface area contributed by atoms with E-state index in [9.17, 15) is 19.8 Å². The molecular formula is C13H19N3O7. The summed E-state index contributed by atoms with van der Waals surface area (Å²) in [6.45, 7) is 1.47. The number of nitrogens with one attached hydrogen (secondary N) is 1. The first kappa shape index (κ1) is 17.5. The lowest BCUT2D eigenvalue weighted by Crippen LogP contribution is -2.36. The number of hydrogen-bond acceptors (Lipinski definition) is 8. The van der Waals surface area contributed by atoms with E-state index in [1.165, 1.54) is 12.3 Å². The maximum absolute atomic E-state index is 12.0. The van der Waals surface area contributed by atoms with Crippen molar-refractivity contribution < 1.29 is 29.6 Å². The van der Waals surface area contributed by atoms with Crippen LogP contribution < -0.4 is 11.0 Å². The number of carbonyl (C=O) groups excluding carboxylic acids is 1. The maximum atomic E-state index is 12.0. The van der Waals surface area contributed by atoms with Gasteiger partial charge in [0, 0.05) is 12.8 Å². The second-order valence-corrected chi connectivity index (χ2v) is 4.92. The maximum Gasteiger partial charge on any atom is 0.351 e. The molecule has 4 atom stereocenters. The number of amides is 1. The van der Waals surface area contributed by atoms with Crippen molar-refractivity contribution in [1.29, 1.82) is 0 Å². The minimum atomic E-state index is -1.38. The largest absolute Gasteiger partial charge is 0.394 e. The van der Waals surface area contributed by atoms with E-state index in [4.69, 9.17) is 14.6 Å². The lowest BCUT2D eigenvalue weighted by Gasteiger charge is -2.17. The Bertz CT molecular complexity index is 605. The van der Waals surface area contributed by atoms with Crippen LogP contribution in [0.25, 0.3) is 0 Å². The summed E-state index contributed by atoms with van der Waals surface area (Å²) in [5, 5.41) is 31.0. The number of hydrogen-bond donors (Lipinski definition) is 4. The molecular weight excluding hydrogens is 310 g/mol. The minimum Gasteiger partial charge on any atom is -0.394 e. The van der Waals surface area contributed by atoms with Gasteiger partial charge in [0.2, 0.25) is 0 Å². The fourth-order valence-electron chi connectivity index (χ4n) is 2.16. The quantitative estimate of drug-likeness (QED) is 0.462. The number of anilines is 1. The SMILES string of the molecule is CCOCC(=O)Nc1ccn([C@@H]2O[C@H](CO)[C@@H](O)[C@@H]2O)c(=O)n1. The van der Waals surface area contributed by atoms with Gasteiger partial charge in [-0.1, -0.05) is 0 Å². The molecule has 0 radical (unpaired) electrons. The number of aliphatic hydroxyl groups is 3. The summed E-state index contributed by atoms with van der Waals surface area (Å²) in [4.78, 5) is 27.2. The minimum absolute atomic E-state index is 0.0303. The van der Waals surface area contributed by atoms with Crippen LogP contribution in [0.3, 0.4) is 0 Å². The van der Waals surface area contributed by atoms with Gasteiger partial charge in [0.25, 0.3) is 5.91 Å². The Hall–Kier alpha value is -1.85. The van der Waals surface area contributed by atoms with Crippen LogP contribution in [0.15, 0.2) is 17.1 Å². The van der Waals surface area contributed by atoms with Crippen LogP contribution in [0.5, 0.6) is 0 Å². The highest BCUT2D eigenvalue weighted by atomic mass is 16.6. The highest BCUT2D eigenvalue weighted by molar-refractivity contribution is 5.90. The molecule has 0 saturated carbocycles. The summed E-state index contributed by atoms with van der Waals surface area (Å²) in [6, 6.07) is 1.35. The van der Waals surface area contributed by atoms with E-state index < -0.39 is 42.7 Å². The molecule has 2 rings (SSSR count). The molecule has 1 aliphatic heterocycles. The molecule has 1 aliphatic rings. The molecule has 1 fully saturated rings. The van der Waals surface area contributed by atoms with Gasteiger partial charge in [-0.3, -0.25) is 9.36 Å². The van der Waals surface area contributed by atoms with E-state index in [1.807, 2.05) is 0 Å². The van der Waals surface area contributed by atoms with E-state index in [0.29, 0.717) is 6.61 Å². The molecule has 23 heavy (non-hydrogen) atoms. The van der Waals surface area contributed by atoms with Crippen LogP contribution in [-0.4, -0.2) is 68.9 Å². The Morgan fingerprint density at radius 3 is 2.78 bits per heavy atom. The zero-order chi connectivity index (χ0) is 17.0. The molecule has 1 aromatic rings. The van der Waals surface area contributed by atoms with Crippen molar-refractivity contribution in [2.75, 3.05) is 25.1 Å². The number of carbonyl (C=O) groups is 1. The van der Waals surface area contributed by atoms with Crippen molar-refractivity contribution in [3.8, 4) is 0 Å². The van der Waals surface area contributed by atoms with Crippen LogP contribution >= 0.6 is 0 Å². The molecule has 1 saturated heterocycles. The Labute approximate surface area is 131 Å². The van der Waals surface area contributed by atoms with Crippen LogP contribution in [0.4, 0.5) is 5.82 Å². The normalized spacial score (nSPS) is 27.1. The van der Waals surface area contributed by atoms with Crippen molar-refractivity contribution in [2.45, 2.75) is 31.5 Å². The molecule has 2 heterocycles. The van der Waals surface area contributed by atoms with Gasteiger partial charge in [0.05, 0.1) is 6.61 Å². The van der Waals surface area contributed by atoms with Crippen LogP contribution in [0.1, 0.15) is 13.2 Å². The fourth-order valence-corrected chi connectivity index (χ4v) is 2.16. The Morgan fingerprint density at radius 2 is 2.22 bits per heavy atom. The molecule has 0 aromatic carbocycles. The summed E-state index contributed by atoms with van der Waals surface area (Å²) >= 11 is 0. The number of nitrogens with zero attached hydrogens (tertiary/aromatic N) is 2. The summed E-state index contributed by atoms with van der Waals surface area (Å²) in [6.07, 6.45) is -3.60. The molecule has 4 N–H and O–H groups in total. The van der Waals surface area contributed by atoms with Crippen molar-refractivity contribution in [3.63, 3.8) is 0 Å². The van der Waals surface area contributed by atoms with Crippen molar-refractivity contribution in [3.05, 3.63) is 22.7 Å². The van der Waals surface area contributed by atoms with E-state index >= 15 is 0 Å². The Balaban J connectivity index is 2.11. The smallest absolute Gasteiger partial charge is 0.351 e. The molecule has 0 aliphatic carbocycles. The molecule has 1 amide bonds. The predicted molar refractivity (Wildman–Crippen MR) is 76.6 cm³/mol. The first-order chi connectivity index (χ1) is 11.0. The average molecular weight is 329 g/mol. The van der Waals surface area contributed by atoms with Crippen molar-refractivity contribution in [2.24, 2.45) is 0 Å². The van der Waals surface area contributed by atoms with Crippen LogP contribution in [0, 0.1) is 0 Å². The van der Waals surface area contributed by atoms with Gasteiger partial charge in [0.15, 0.2) is 6.23 Å². The monoisotopic (exact) mass is 329 g/mol. The van der Waals surface area contributed by atoms with Gasteiger partial charge >= 0.3 is 5.69 Å². The van der Waals surface area contributed by atoms with Gasteiger partial charge in [-0.05, 0) is 13.0 Å². The van der Waals surface area contributed by atoms with Gasteiger partial charge in [-0.2, -0.15) is 4.98 Å². The third-order valence-corrected chi connectivity index (χ3v) is 3.33. The molecule has 128 valence electrons. The van der Waals surface area contributed by atoms with Gasteiger partial charge in [0.1, 0.15) is 30.7 Å². The second-order valence-electron chi connectivity index (χ2n) is 4.92. The number of rotatable bonds is 6. The molecule has 1 aromatic heterocycles.